The Morgan fingerprint density at radius 2 is 0.603 bits per heavy atom. The molecule has 0 aliphatic heterocycles. The van der Waals surface area contributed by atoms with Crippen molar-refractivity contribution in [3.05, 3.63) is 72.9 Å². The van der Waals surface area contributed by atoms with Crippen LogP contribution in [0.5, 0.6) is 0 Å². The Balaban J connectivity index is 4.38. The van der Waals surface area contributed by atoms with Gasteiger partial charge in [0, 0.05) is 19.3 Å². The third kappa shape index (κ3) is 53.8. The van der Waals surface area contributed by atoms with Crippen LogP contribution in [-0.4, -0.2) is 37.2 Å². The summed E-state index contributed by atoms with van der Waals surface area (Å²) in [5, 5.41) is 0. The minimum absolute atomic E-state index is 0.0855. The van der Waals surface area contributed by atoms with E-state index in [1.165, 1.54) is 128 Å². The molecule has 6 nitrogen and oxygen atoms in total. The van der Waals surface area contributed by atoms with Gasteiger partial charge in [-0.15, -0.1) is 0 Å². The maximum absolute atomic E-state index is 12.9. The quantitative estimate of drug-likeness (QED) is 0.0262. The number of ether oxygens (including phenoxy) is 3. The summed E-state index contributed by atoms with van der Waals surface area (Å²) in [6, 6.07) is 0. The number of carbonyl (C=O) groups is 3. The predicted octanol–water partition coefficient (Wildman–Crippen LogP) is 19.4. The average Bonchev–Trinajstić information content (AvgIpc) is 3.34. The third-order valence-electron chi connectivity index (χ3n) is 12.4. The molecular weight excluding hydrogens is 841 g/mol. The molecule has 0 radical (unpaired) electrons. The highest BCUT2D eigenvalue weighted by atomic mass is 16.6. The van der Waals surface area contributed by atoms with E-state index in [0.29, 0.717) is 19.3 Å². The summed E-state index contributed by atoms with van der Waals surface area (Å²) in [5.41, 5.74) is 0. The van der Waals surface area contributed by atoms with Crippen LogP contribution in [0.25, 0.3) is 0 Å². The number of rotatable bonds is 52. The first-order valence-electron chi connectivity index (χ1n) is 28.9. The maximum atomic E-state index is 12.9. The molecule has 0 aromatic heterocycles. The SMILES string of the molecule is CC/C=C\C/C=C\C/C=C\C/C=C\CCCCCCCCC(=O)OCC(COC(=O)CCCCCCC/C=C\C/C=C\CCC)OC(=O)CCCCCCCCCCCCCCCCCCCC. The fourth-order valence-corrected chi connectivity index (χ4v) is 8.12. The van der Waals surface area contributed by atoms with E-state index in [2.05, 4.69) is 93.7 Å². The largest absolute Gasteiger partial charge is 0.462 e. The number of hydrogen-bond donors (Lipinski definition) is 0. The lowest BCUT2D eigenvalue weighted by molar-refractivity contribution is -0.167. The van der Waals surface area contributed by atoms with Crippen molar-refractivity contribution in [1.82, 2.24) is 0 Å². The van der Waals surface area contributed by atoms with Crippen LogP contribution >= 0.6 is 0 Å². The van der Waals surface area contributed by atoms with Crippen molar-refractivity contribution in [1.29, 1.82) is 0 Å². The molecule has 1 unspecified atom stereocenters. The van der Waals surface area contributed by atoms with Crippen molar-refractivity contribution >= 4 is 17.9 Å². The Hall–Kier alpha value is -3.15. The van der Waals surface area contributed by atoms with Gasteiger partial charge in [0.25, 0.3) is 0 Å². The summed E-state index contributed by atoms with van der Waals surface area (Å²) < 4.78 is 16.9. The highest BCUT2D eigenvalue weighted by Crippen LogP contribution is 2.16. The van der Waals surface area contributed by atoms with Crippen LogP contribution in [0.2, 0.25) is 0 Å². The summed E-state index contributed by atoms with van der Waals surface area (Å²) in [6.07, 6.45) is 71.8. The molecule has 0 aromatic rings. The Labute approximate surface area is 421 Å². The zero-order valence-corrected chi connectivity index (χ0v) is 44.9. The lowest BCUT2D eigenvalue weighted by Crippen LogP contribution is -2.30. The predicted molar refractivity (Wildman–Crippen MR) is 293 cm³/mol. The zero-order valence-electron chi connectivity index (χ0n) is 44.9. The van der Waals surface area contributed by atoms with Crippen molar-refractivity contribution in [2.75, 3.05) is 13.2 Å². The summed E-state index contributed by atoms with van der Waals surface area (Å²) in [7, 11) is 0. The molecule has 68 heavy (non-hydrogen) atoms. The first-order valence-corrected chi connectivity index (χ1v) is 28.9. The smallest absolute Gasteiger partial charge is 0.306 e. The van der Waals surface area contributed by atoms with E-state index < -0.39 is 6.10 Å². The fraction of sp³-hybridized carbons (Fsp3) is 0.758. The monoisotopic (exact) mass is 949 g/mol. The molecule has 0 spiro atoms. The molecule has 392 valence electrons. The molecule has 6 heteroatoms. The van der Waals surface area contributed by atoms with Gasteiger partial charge in [-0.2, -0.15) is 0 Å². The van der Waals surface area contributed by atoms with Gasteiger partial charge < -0.3 is 14.2 Å². The molecule has 0 saturated heterocycles. The van der Waals surface area contributed by atoms with Crippen molar-refractivity contribution in [3.8, 4) is 0 Å². The van der Waals surface area contributed by atoms with Gasteiger partial charge in [0.1, 0.15) is 13.2 Å². The molecule has 0 bridgehead atoms. The van der Waals surface area contributed by atoms with Crippen LogP contribution < -0.4 is 0 Å². The molecule has 0 N–H and O–H groups in total. The lowest BCUT2D eigenvalue weighted by Gasteiger charge is -2.18. The molecule has 1 atom stereocenters. The summed E-state index contributed by atoms with van der Waals surface area (Å²) >= 11 is 0. The molecule has 0 aliphatic carbocycles. The number of esters is 3. The normalized spacial score (nSPS) is 12.6. The van der Waals surface area contributed by atoms with E-state index in [0.717, 1.165) is 116 Å². The Bertz CT molecular complexity index is 1270. The molecule has 0 fully saturated rings. The summed E-state index contributed by atoms with van der Waals surface area (Å²) in [4.78, 5) is 38.2. The van der Waals surface area contributed by atoms with Crippen LogP contribution in [-0.2, 0) is 28.6 Å². The first-order chi connectivity index (χ1) is 33.5. The number of allylic oxidation sites excluding steroid dienone is 12. The molecule has 0 saturated carbocycles. The van der Waals surface area contributed by atoms with Gasteiger partial charge >= 0.3 is 17.9 Å². The van der Waals surface area contributed by atoms with E-state index in [4.69, 9.17) is 14.2 Å². The van der Waals surface area contributed by atoms with E-state index in [1.807, 2.05) is 0 Å². The maximum Gasteiger partial charge on any atom is 0.306 e. The number of unbranched alkanes of at least 4 members (excludes halogenated alkanes) is 29. The molecule has 0 aliphatic rings. The zero-order chi connectivity index (χ0) is 49.3. The Kier molecular flexibility index (Phi) is 53.8. The molecule has 0 heterocycles. The highest BCUT2D eigenvalue weighted by Gasteiger charge is 2.19. The van der Waals surface area contributed by atoms with Crippen LogP contribution in [0.1, 0.15) is 284 Å². The van der Waals surface area contributed by atoms with Crippen LogP contribution in [0.4, 0.5) is 0 Å². The van der Waals surface area contributed by atoms with Crippen molar-refractivity contribution < 1.29 is 28.6 Å². The van der Waals surface area contributed by atoms with Gasteiger partial charge in [0.05, 0.1) is 0 Å². The summed E-state index contributed by atoms with van der Waals surface area (Å²) in [5.74, 6) is -0.902. The Morgan fingerprint density at radius 1 is 0.309 bits per heavy atom. The van der Waals surface area contributed by atoms with Gasteiger partial charge in [-0.05, 0) is 83.5 Å². The average molecular weight is 950 g/mol. The molecular formula is C62H108O6. The van der Waals surface area contributed by atoms with Gasteiger partial charge in [-0.1, -0.05) is 254 Å². The number of hydrogen-bond acceptors (Lipinski definition) is 6. The number of carbonyl (C=O) groups excluding carboxylic acids is 3. The van der Waals surface area contributed by atoms with Crippen molar-refractivity contribution in [3.63, 3.8) is 0 Å². The fourth-order valence-electron chi connectivity index (χ4n) is 8.12. The minimum Gasteiger partial charge on any atom is -0.462 e. The van der Waals surface area contributed by atoms with Gasteiger partial charge in [-0.3, -0.25) is 14.4 Å². The molecule has 0 amide bonds. The van der Waals surface area contributed by atoms with Gasteiger partial charge in [-0.25, -0.2) is 0 Å². The van der Waals surface area contributed by atoms with E-state index in [1.54, 1.807) is 0 Å². The van der Waals surface area contributed by atoms with Crippen molar-refractivity contribution in [2.45, 2.75) is 290 Å². The van der Waals surface area contributed by atoms with Gasteiger partial charge in [0.15, 0.2) is 6.10 Å². The highest BCUT2D eigenvalue weighted by molar-refractivity contribution is 5.71. The second-order valence-electron chi connectivity index (χ2n) is 19.2. The lowest BCUT2D eigenvalue weighted by atomic mass is 10.0. The topological polar surface area (TPSA) is 78.9 Å². The van der Waals surface area contributed by atoms with E-state index >= 15 is 0 Å². The first kappa shape index (κ1) is 64.8. The summed E-state index contributed by atoms with van der Waals surface area (Å²) in [6.45, 7) is 6.47. The standard InChI is InChI=1S/C62H108O6/c1-4-7-10-13-16-19-22-25-27-29-31-33-34-37-40-43-46-49-52-55-61(64)67-58-59(57-66-60(63)54-51-48-45-42-39-36-24-21-18-15-12-9-6-3)68-62(65)56-53-50-47-44-41-38-35-32-30-28-26-23-20-17-14-11-8-5-2/h7,10,12,15-16,19,21,24-25,27,31,33,59H,4-6,8-9,11,13-14,17-18,20,22-23,26,28-30,32,34-58H2,1-3H3/b10-7-,15-12-,19-16-,24-21-,27-25-,33-31-. The second kappa shape index (κ2) is 56.4. The van der Waals surface area contributed by atoms with Crippen molar-refractivity contribution in [2.24, 2.45) is 0 Å². The Morgan fingerprint density at radius 3 is 0.956 bits per heavy atom. The van der Waals surface area contributed by atoms with Gasteiger partial charge in [0.2, 0.25) is 0 Å². The van der Waals surface area contributed by atoms with E-state index in [9.17, 15) is 14.4 Å². The van der Waals surface area contributed by atoms with Crippen LogP contribution in [0.15, 0.2) is 72.9 Å². The van der Waals surface area contributed by atoms with Crippen LogP contribution in [0.3, 0.4) is 0 Å². The van der Waals surface area contributed by atoms with E-state index in [-0.39, 0.29) is 31.1 Å². The molecule has 0 rings (SSSR count). The molecule has 0 aromatic carbocycles. The van der Waals surface area contributed by atoms with Crippen LogP contribution in [0, 0.1) is 0 Å². The third-order valence-corrected chi connectivity index (χ3v) is 12.4. The minimum atomic E-state index is -0.786. The second-order valence-corrected chi connectivity index (χ2v) is 19.2.